The fourth-order valence-corrected chi connectivity index (χ4v) is 0.680. The molecule has 0 unspecified atom stereocenters. The lowest BCUT2D eigenvalue weighted by Gasteiger charge is -2.08. The predicted molar refractivity (Wildman–Crippen MR) is 34.8 cm³/mol. The molecule has 0 saturated carbocycles. The van der Waals surface area contributed by atoms with Crippen LogP contribution < -0.4 is 0 Å². The maximum Gasteiger partial charge on any atom is 0.270 e. The van der Waals surface area contributed by atoms with Gasteiger partial charge in [0.2, 0.25) is 0 Å². The van der Waals surface area contributed by atoms with E-state index < -0.39 is 5.92 Å². The number of halogens is 2. The zero-order valence-electron chi connectivity index (χ0n) is 5.57. The Morgan fingerprint density at radius 1 is 1.30 bits per heavy atom. The molecule has 0 fully saturated rings. The summed E-state index contributed by atoms with van der Waals surface area (Å²) < 4.78 is 24.9. The Hall–Kier alpha value is -0.920. The molecule has 0 atom stereocenters. The van der Waals surface area contributed by atoms with Crippen molar-refractivity contribution < 1.29 is 8.78 Å². The summed E-state index contributed by atoms with van der Waals surface area (Å²) in [6, 6.07) is 8.35. The molecular weight excluding hydrogens is 134 g/mol. The molecule has 1 rings (SSSR count). The molecule has 0 saturated heterocycles. The van der Waals surface area contributed by atoms with E-state index in [1.807, 2.05) is 0 Å². The van der Waals surface area contributed by atoms with Gasteiger partial charge in [-0.05, 0) is 6.07 Å². The average Bonchev–Trinajstić information content (AvgIpc) is 1.88. The summed E-state index contributed by atoms with van der Waals surface area (Å²) in [5.74, 6) is -2.73. The highest BCUT2D eigenvalue weighted by Gasteiger charge is 2.22. The van der Waals surface area contributed by atoms with E-state index in [9.17, 15) is 8.78 Å². The first-order valence-corrected chi connectivity index (χ1v) is 2.95. The first kappa shape index (κ1) is 7.19. The highest BCUT2D eigenvalue weighted by Crippen LogP contribution is 2.25. The largest absolute Gasteiger partial charge is 0.270 e. The third kappa shape index (κ3) is 1.53. The van der Waals surface area contributed by atoms with Crippen LogP contribution in [0, 0.1) is 6.07 Å². The maximum absolute atomic E-state index is 12.4. The Balaban J connectivity index is 2.97. The first-order chi connectivity index (χ1) is 4.61. The standard InChI is InChI=1S/C8H7F2/c1-8(9,10)7-5-3-2-4-6-7/h3-6H,1H3. The van der Waals surface area contributed by atoms with Gasteiger partial charge in [0, 0.05) is 12.5 Å². The molecule has 0 nitrogen and oxygen atoms in total. The molecule has 0 heterocycles. The van der Waals surface area contributed by atoms with Crippen molar-refractivity contribution >= 4 is 0 Å². The van der Waals surface area contributed by atoms with Crippen LogP contribution in [0.25, 0.3) is 0 Å². The van der Waals surface area contributed by atoms with E-state index in [0.717, 1.165) is 6.92 Å². The number of benzene rings is 1. The van der Waals surface area contributed by atoms with Crippen LogP contribution in [-0.2, 0) is 5.92 Å². The van der Waals surface area contributed by atoms with Crippen LogP contribution in [0.5, 0.6) is 0 Å². The molecule has 0 amide bonds. The molecule has 0 aliphatic rings. The van der Waals surface area contributed by atoms with Gasteiger partial charge in [0.1, 0.15) is 0 Å². The van der Waals surface area contributed by atoms with Gasteiger partial charge in [0.25, 0.3) is 5.92 Å². The molecule has 0 aliphatic carbocycles. The Labute approximate surface area is 58.5 Å². The Morgan fingerprint density at radius 2 is 1.80 bits per heavy atom. The highest BCUT2D eigenvalue weighted by atomic mass is 19.3. The van der Waals surface area contributed by atoms with Crippen molar-refractivity contribution in [2.24, 2.45) is 0 Å². The second-order valence-corrected chi connectivity index (χ2v) is 2.18. The van der Waals surface area contributed by atoms with Crippen molar-refractivity contribution in [3.05, 3.63) is 35.9 Å². The van der Waals surface area contributed by atoms with Gasteiger partial charge in [-0.3, -0.25) is 0 Å². The summed E-state index contributed by atoms with van der Waals surface area (Å²) >= 11 is 0. The first-order valence-electron chi connectivity index (χ1n) is 2.95. The zero-order valence-corrected chi connectivity index (χ0v) is 5.57. The molecule has 53 valence electrons. The van der Waals surface area contributed by atoms with Gasteiger partial charge in [0.05, 0.1) is 0 Å². The van der Waals surface area contributed by atoms with Crippen molar-refractivity contribution in [3.63, 3.8) is 0 Å². The number of hydrogen-bond donors (Lipinski definition) is 0. The summed E-state index contributed by atoms with van der Waals surface area (Å²) in [6.07, 6.45) is 0. The number of alkyl halides is 2. The SMILES string of the molecule is CC(F)(F)c1cc[c]cc1. The molecular formula is C8H7F2. The zero-order chi connectivity index (χ0) is 7.61. The van der Waals surface area contributed by atoms with Crippen LogP contribution in [-0.4, -0.2) is 0 Å². The van der Waals surface area contributed by atoms with E-state index >= 15 is 0 Å². The predicted octanol–water partition coefficient (Wildman–Crippen LogP) is 2.60. The van der Waals surface area contributed by atoms with Crippen LogP contribution >= 0.6 is 0 Å². The van der Waals surface area contributed by atoms with E-state index in [1.165, 1.54) is 24.3 Å². The Kier molecular flexibility index (Phi) is 1.70. The Bertz CT molecular complexity index is 198. The third-order valence-electron chi connectivity index (χ3n) is 1.23. The minimum Gasteiger partial charge on any atom is -0.202 e. The lowest BCUT2D eigenvalue weighted by Crippen LogP contribution is -2.05. The molecule has 0 bridgehead atoms. The van der Waals surface area contributed by atoms with Crippen molar-refractivity contribution in [1.29, 1.82) is 0 Å². The topological polar surface area (TPSA) is 0 Å². The van der Waals surface area contributed by atoms with Gasteiger partial charge in [-0.1, -0.05) is 24.3 Å². The van der Waals surface area contributed by atoms with Gasteiger partial charge < -0.3 is 0 Å². The van der Waals surface area contributed by atoms with Crippen molar-refractivity contribution in [2.75, 3.05) is 0 Å². The van der Waals surface area contributed by atoms with Crippen molar-refractivity contribution in [2.45, 2.75) is 12.8 Å². The summed E-state index contributed by atoms with van der Waals surface area (Å²) in [5.41, 5.74) is 0.0336. The summed E-state index contributed by atoms with van der Waals surface area (Å²) in [6.45, 7) is 0.877. The second-order valence-electron chi connectivity index (χ2n) is 2.18. The van der Waals surface area contributed by atoms with Gasteiger partial charge in [-0.15, -0.1) is 0 Å². The van der Waals surface area contributed by atoms with Crippen LogP contribution in [0.2, 0.25) is 0 Å². The summed E-state index contributed by atoms with van der Waals surface area (Å²) in [4.78, 5) is 0. The van der Waals surface area contributed by atoms with Crippen LogP contribution in [0.3, 0.4) is 0 Å². The molecule has 2 heteroatoms. The van der Waals surface area contributed by atoms with E-state index in [2.05, 4.69) is 6.07 Å². The molecule has 1 aromatic carbocycles. The van der Waals surface area contributed by atoms with E-state index in [4.69, 9.17) is 0 Å². The van der Waals surface area contributed by atoms with E-state index in [0.29, 0.717) is 0 Å². The minimum atomic E-state index is -2.73. The lowest BCUT2D eigenvalue weighted by molar-refractivity contribution is 0.0175. The number of rotatable bonds is 1. The molecule has 0 aliphatic heterocycles. The minimum absolute atomic E-state index is 0.0336. The molecule has 1 aromatic rings. The van der Waals surface area contributed by atoms with Crippen molar-refractivity contribution in [1.82, 2.24) is 0 Å². The quantitative estimate of drug-likeness (QED) is 0.563. The fraction of sp³-hybridized carbons (Fsp3) is 0.250. The van der Waals surface area contributed by atoms with Gasteiger partial charge >= 0.3 is 0 Å². The average molecular weight is 141 g/mol. The lowest BCUT2D eigenvalue weighted by atomic mass is 10.1. The van der Waals surface area contributed by atoms with E-state index in [1.54, 1.807) is 0 Å². The van der Waals surface area contributed by atoms with Crippen LogP contribution in [0.4, 0.5) is 8.78 Å². The highest BCUT2D eigenvalue weighted by molar-refractivity contribution is 5.18. The molecule has 0 N–H and O–H groups in total. The Morgan fingerprint density at radius 3 is 2.10 bits per heavy atom. The smallest absolute Gasteiger partial charge is 0.202 e. The molecule has 10 heavy (non-hydrogen) atoms. The van der Waals surface area contributed by atoms with Gasteiger partial charge in [-0.25, -0.2) is 8.78 Å². The molecule has 1 radical (unpaired) electrons. The monoisotopic (exact) mass is 141 g/mol. The third-order valence-corrected chi connectivity index (χ3v) is 1.23. The van der Waals surface area contributed by atoms with Crippen molar-refractivity contribution in [3.8, 4) is 0 Å². The van der Waals surface area contributed by atoms with Gasteiger partial charge in [-0.2, -0.15) is 0 Å². The van der Waals surface area contributed by atoms with Crippen LogP contribution in [0.1, 0.15) is 12.5 Å². The second kappa shape index (κ2) is 2.37. The maximum atomic E-state index is 12.4. The molecule has 0 spiro atoms. The van der Waals surface area contributed by atoms with Crippen LogP contribution in [0.15, 0.2) is 24.3 Å². The fourth-order valence-electron chi connectivity index (χ4n) is 0.680. The molecule has 0 aromatic heterocycles. The normalized spacial score (nSPS) is 11.5. The van der Waals surface area contributed by atoms with Gasteiger partial charge in [0.15, 0.2) is 0 Å². The summed E-state index contributed by atoms with van der Waals surface area (Å²) in [5, 5.41) is 0. The van der Waals surface area contributed by atoms with E-state index in [-0.39, 0.29) is 5.56 Å². The summed E-state index contributed by atoms with van der Waals surface area (Å²) in [7, 11) is 0. The number of hydrogen-bond acceptors (Lipinski definition) is 0.